The predicted octanol–water partition coefficient (Wildman–Crippen LogP) is 6.25. The lowest BCUT2D eigenvalue weighted by Crippen LogP contribution is -2.43. The summed E-state index contributed by atoms with van der Waals surface area (Å²) in [6.45, 7) is 3.83. The third-order valence-electron chi connectivity index (χ3n) is 9.14. The van der Waals surface area contributed by atoms with Crippen molar-refractivity contribution in [3.63, 3.8) is 0 Å². The van der Waals surface area contributed by atoms with Crippen LogP contribution in [-0.4, -0.2) is 80.9 Å². The Labute approximate surface area is 285 Å². The molecule has 1 saturated carbocycles. The molecule has 9 nitrogen and oxygen atoms in total. The lowest BCUT2D eigenvalue weighted by molar-refractivity contribution is 0.0688. The molecule has 4 rings (SSSR count). The molecule has 0 aliphatic heterocycles. The highest BCUT2D eigenvalue weighted by molar-refractivity contribution is 7.89. The van der Waals surface area contributed by atoms with E-state index in [1.165, 1.54) is 37.1 Å². The minimum Gasteiger partial charge on any atom is -0.497 e. The van der Waals surface area contributed by atoms with Crippen LogP contribution in [0.15, 0.2) is 77.7 Å². The summed E-state index contributed by atoms with van der Waals surface area (Å²) in [6.07, 6.45) is 4.40. The van der Waals surface area contributed by atoms with Crippen molar-refractivity contribution in [3.8, 4) is 11.5 Å². The van der Waals surface area contributed by atoms with Gasteiger partial charge in [0.1, 0.15) is 11.5 Å². The molecule has 1 N–H and O–H groups in total. The molecular formula is C38H50N2O7S. The number of ketones is 1. The van der Waals surface area contributed by atoms with Gasteiger partial charge in [0.25, 0.3) is 5.91 Å². The summed E-state index contributed by atoms with van der Waals surface area (Å²) in [4.78, 5) is 29.4. The minimum atomic E-state index is -3.97. The van der Waals surface area contributed by atoms with Gasteiger partial charge in [0, 0.05) is 43.7 Å². The van der Waals surface area contributed by atoms with Gasteiger partial charge in [0.15, 0.2) is 5.78 Å². The van der Waals surface area contributed by atoms with E-state index in [0.717, 1.165) is 31.2 Å². The van der Waals surface area contributed by atoms with Crippen LogP contribution in [0.4, 0.5) is 0 Å². The maximum atomic E-state index is 14.0. The molecule has 0 radical (unpaired) electrons. The fraction of sp³-hybridized carbons (Fsp3) is 0.474. The van der Waals surface area contributed by atoms with Crippen LogP contribution in [0.5, 0.6) is 11.5 Å². The van der Waals surface area contributed by atoms with E-state index in [2.05, 4.69) is 0 Å². The Balaban J connectivity index is 1.61. The lowest BCUT2D eigenvalue weighted by atomic mass is 9.87. The van der Waals surface area contributed by atoms with Crippen molar-refractivity contribution in [1.82, 2.24) is 9.21 Å². The first-order valence-corrected chi connectivity index (χ1v) is 18.2. The standard InChI is InChI=1S/C38H50N2O7S/c1-27(2)25-40(48(44,45)35-18-16-33(46-4)17-19-35)26-37(42)29(20-28-12-8-6-9-13-28)24-36(41)30-21-31(23-34(22-30)47-5)38(43)39(3)32-14-10-7-11-15-32/h6,8-9,12-13,16-19,21-23,27,29,32,37,42H,7,10-11,14-15,20,24-26H2,1-5H3/t29-,37-/m1/s1. The SMILES string of the molecule is COc1ccc(S(=O)(=O)N(CC(C)C)C[C@@H](O)[C@@H](CC(=O)c2cc(OC)cc(C(=O)N(C)C3CCCCC3)c2)Cc2ccccc2)cc1. The van der Waals surface area contributed by atoms with Crippen LogP contribution in [0.2, 0.25) is 0 Å². The summed E-state index contributed by atoms with van der Waals surface area (Å²) >= 11 is 0. The van der Waals surface area contributed by atoms with Crippen LogP contribution in [0.25, 0.3) is 0 Å². The van der Waals surface area contributed by atoms with Crippen LogP contribution in [0.3, 0.4) is 0 Å². The van der Waals surface area contributed by atoms with E-state index >= 15 is 0 Å². The molecular weight excluding hydrogens is 628 g/mol. The number of methoxy groups -OCH3 is 2. The number of Topliss-reactive ketones (excluding diaryl/α,β-unsaturated/α-hetero) is 1. The van der Waals surface area contributed by atoms with Gasteiger partial charge in [-0.3, -0.25) is 9.59 Å². The first-order chi connectivity index (χ1) is 22.9. The lowest BCUT2D eigenvalue weighted by Gasteiger charge is -2.31. The molecule has 0 spiro atoms. The number of aliphatic hydroxyl groups is 1. The van der Waals surface area contributed by atoms with Crippen molar-refractivity contribution in [2.45, 2.75) is 75.8 Å². The van der Waals surface area contributed by atoms with E-state index in [0.29, 0.717) is 29.0 Å². The Bertz CT molecular complexity index is 1600. The number of carbonyl (C=O) groups is 2. The summed E-state index contributed by atoms with van der Waals surface area (Å²) in [6, 6.07) is 20.7. The average Bonchev–Trinajstić information content (AvgIpc) is 3.10. The normalized spacial score (nSPS) is 15.2. The molecule has 260 valence electrons. The number of nitrogens with zero attached hydrogens (tertiary/aromatic N) is 2. The third kappa shape index (κ3) is 9.67. The number of benzene rings is 3. The number of carbonyl (C=O) groups excluding carboxylic acids is 2. The average molecular weight is 679 g/mol. The van der Waals surface area contributed by atoms with Crippen LogP contribution >= 0.6 is 0 Å². The third-order valence-corrected chi connectivity index (χ3v) is 11.0. The molecule has 1 amide bonds. The van der Waals surface area contributed by atoms with Crippen LogP contribution in [0, 0.1) is 11.8 Å². The molecule has 1 aliphatic carbocycles. The summed E-state index contributed by atoms with van der Waals surface area (Å²) in [7, 11) is 0.854. The van der Waals surface area contributed by atoms with Crippen molar-refractivity contribution in [3.05, 3.63) is 89.5 Å². The van der Waals surface area contributed by atoms with E-state index in [1.54, 1.807) is 35.2 Å². The number of rotatable bonds is 16. The number of amides is 1. The molecule has 0 bridgehead atoms. The fourth-order valence-electron chi connectivity index (χ4n) is 6.39. The van der Waals surface area contributed by atoms with E-state index in [4.69, 9.17) is 9.47 Å². The Morgan fingerprint density at radius 2 is 1.48 bits per heavy atom. The Kier molecular flexibility index (Phi) is 13.2. The van der Waals surface area contributed by atoms with Gasteiger partial charge >= 0.3 is 0 Å². The highest BCUT2D eigenvalue weighted by atomic mass is 32.2. The van der Waals surface area contributed by atoms with Crippen molar-refractivity contribution >= 4 is 21.7 Å². The van der Waals surface area contributed by atoms with Crippen LogP contribution < -0.4 is 9.47 Å². The summed E-state index contributed by atoms with van der Waals surface area (Å²) < 4.78 is 39.7. The Hall–Kier alpha value is -3.73. The van der Waals surface area contributed by atoms with Crippen molar-refractivity contribution in [2.24, 2.45) is 11.8 Å². The van der Waals surface area contributed by atoms with Gasteiger partial charge in [-0.1, -0.05) is 63.4 Å². The monoisotopic (exact) mass is 678 g/mol. The maximum absolute atomic E-state index is 14.0. The second-order valence-corrected chi connectivity index (χ2v) is 15.1. The molecule has 3 aromatic carbocycles. The number of hydrogen-bond donors (Lipinski definition) is 1. The molecule has 3 aromatic rings. The molecule has 0 aromatic heterocycles. The van der Waals surface area contributed by atoms with Gasteiger partial charge in [-0.05, 0) is 79.1 Å². The zero-order chi connectivity index (χ0) is 34.8. The highest BCUT2D eigenvalue weighted by Gasteiger charge is 2.32. The van der Waals surface area contributed by atoms with E-state index in [-0.39, 0.29) is 48.1 Å². The summed E-state index contributed by atoms with van der Waals surface area (Å²) in [5.74, 6) is -0.126. The second-order valence-electron chi connectivity index (χ2n) is 13.2. The molecule has 48 heavy (non-hydrogen) atoms. The van der Waals surface area contributed by atoms with E-state index < -0.39 is 22.0 Å². The molecule has 0 saturated heterocycles. The number of hydrogen-bond acceptors (Lipinski definition) is 7. The molecule has 2 atom stereocenters. The number of sulfonamides is 1. The van der Waals surface area contributed by atoms with Gasteiger partial charge in [0.2, 0.25) is 10.0 Å². The second kappa shape index (κ2) is 17.1. The first kappa shape index (κ1) is 37.1. The summed E-state index contributed by atoms with van der Waals surface area (Å²) in [5.41, 5.74) is 1.60. The van der Waals surface area contributed by atoms with E-state index in [1.807, 2.05) is 51.2 Å². The van der Waals surface area contributed by atoms with Gasteiger partial charge in [-0.15, -0.1) is 0 Å². The van der Waals surface area contributed by atoms with Crippen molar-refractivity contribution in [1.29, 1.82) is 0 Å². The van der Waals surface area contributed by atoms with Gasteiger partial charge in [-0.2, -0.15) is 4.31 Å². The maximum Gasteiger partial charge on any atom is 0.254 e. The molecule has 1 aliphatic rings. The smallest absolute Gasteiger partial charge is 0.254 e. The first-order valence-electron chi connectivity index (χ1n) is 16.8. The number of aliphatic hydroxyl groups excluding tert-OH is 1. The highest BCUT2D eigenvalue weighted by Crippen LogP contribution is 2.28. The topological polar surface area (TPSA) is 113 Å². The van der Waals surface area contributed by atoms with Gasteiger partial charge in [-0.25, -0.2) is 8.42 Å². The largest absolute Gasteiger partial charge is 0.497 e. The van der Waals surface area contributed by atoms with Crippen LogP contribution in [0.1, 0.15) is 78.7 Å². The van der Waals surface area contributed by atoms with Crippen molar-refractivity contribution in [2.75, 3.05) is 34.4 Å². The van der Waals surface area contributed by atoms with Gasteiger partial charge in [0.05, 0.1) is 25.2 Å². The molecule has 1 fully saturated rings. The molecule has 0 unspecified atom stereocenters. The number of ether oxygens (including phenoxy) is 2. The zero-order valence-corrected chi connectivity index (χ0v) is 29.6. The summed E-state index contributed by atoms with van der Waals surface area (Å²) in [5, 5.41) is 11.7. The quantitative estimate of drug-likeness (QED) is 0.178. The zero-order valence-electron chi connectivity index (χ0n) is 28.8. The fourth-order valence-corrected chi connectivity index (χ4v) is 8.01. The Morgan fingerprint density at radius 3 is 2.08 bits per heavy atom. The minimum absolute atomic E-state index is 0.0149. The molecule has 10 heteroatoms. The van der Waals surface area contributed by atoms with E-state index in [9.17, 15) is 23.1 Å². The predicted molar refractivity (Wildman–Crippen MR) is 187 cm³/mol. The van der Waals surface area contributed by atoms with Crippen molar-refractivity contribution < 1.29 is 32.6 Å². The molecule has 0 heterocycles. The van der Waals surface area contributed by atoms with Crippen LogP contribution in [-0.2, 0) is 16.4 Å². The van der Waals surface area contributed by atoms with Gasteiger partial charge < -0.3 is 19.5 Å². The Morgan fingerprint density at radius 1 is 0.854 bits per heavy atom.